The fraction of sp³-hybridized carbons (Fsp3) is 0.526. The van der Waals surface area contributed by atoms with Crippen molar-refractivity contribution < 1.29 is 14.3 Å². The molecular weight excluding hydrogens is 290 g/mol. The zero-order valence-electron chi connectivity index (χ0n) is 13.4. The molecule has 4 nitrogen and oxygen atoms in total. The van der Waals surface area contributed by atoms with Crippen molar-refractivity contribution in [3.63, 3.8) is 0 Å². The molecule has 4 atom stereocenters. The van der Waals surface area contributed by atoms with Crippen molar-refractivity contribution in [1.82, 2.24) is 4.90 Å². The number of carbonyl (C=O) groups excluding carboxylic acids is 1. The minimum absolute atomic E-state index is 0.220. The van der Waals surface area contributed by atoms with E-state index in [-0.39, 0.29) is 17.3 Å². The summed E-state index contributed by atoms with van der Waals surface area (Å²) in [5.74, 6) is 1.82. The number of nitrogens with zero attached hydrogens (tertiary/aromatic N) is 1. The van der Waals surface area contributed by atoms with Crippen LogP contribution in [0, 0.1) is 5.41 Å². The molecule has 0 amide bonds. The van der Waals surface area contributed by atoms with E-state index < -0.39 is 0 Å². The van der Waals surface area contributed by atoms with Gasteiger partial charge in [-0.3, -0.25) is 9.69 Å². The third-order valence-corrected chi connectivity index (χ3v) is 6.94. The summed E-state index contributed by atoms with van der Waals surface area (Å²) in [5.41, 5.74) is 4.15. The van der Waals surface area contributed by atoms with Crippen LogP contribution in [0.15, 0.2) is 23.8 Å². The number of methoxy groups -OCH3 is 1. The first-order valence-electron chi connectivity index (χ1n) is 8.41. The molecule has 1 aromatic carbocycles. The van der Waals surface area contributed by atoms with Gasteiger partial charge < -0.3 is 9.47 Å². The number of hydrogen-bond donors (Lipinski definition) is 0. The Morgan fingerprint density at radius 3 is 3.04 bits per heavy atom. The number of ketones is 1. The van der Waals surface area contributed by atoms with Gasteiger partial charge in [0.05, 0.1) is 12.5 Å². The molecule has 0 aromatic heterocycles. The van der Waals surface area contributed by atoms with E-state index in [9.17, 15) is 4.79 Å². The summed E-state index contributed by atoms with van der Waals surface area (Å²) in [5, 5.41) is 0. The first kappa shape index (κ1) is 12.6. The predicted octanol–water partition coefficient (Wildman–Crippen LogP) is 1.85. The lowest BCUT2D eigenvalue weighted by Gasteiger charge is -2.53. The van der Waals surface area contributed by atoms with Crippen molar-refractivity contribution in [3.05, 3.63) is 34.9 Å². The van der Waals surface area contributed by atoms with E-state index in [2.05, 4.69) is 24.1 Å². The predicted molar refractivity (Wildman–Crippen MR) is 84.0 cm³/mol. The summed E-state index contributed by atoms with van der Waals surface area (Å²) < 4.78 is 11.8. The second-order valence-corrected chi connectivity index (χ2v) is 7.96. The molecule has 6 rings (SSSR count). The molecule has 0 N–H and O–H groups in total. The summed E-state index contributed by atoms with van der Waals surface area (Å²) in [4.78, 5) is 15.1. The van der Waals surface area contributed by atoms with Crippen molar-refractivity contribution in [2.75, 3.05) is 20.7 Å². The van der Waals surface area contributed by atoms with E-state index in [1.54, 1.807) is 7.11 Å². The maximum atomic E-state index is 12.7. The topological polar surface area (TPSA) is 38.8 Å². The van der Waals surface area contributed by atoms with E-state index in [4.69, 9.17) is 9.47 Å². The molecule has 1 saturated carbocycles. The molecule has 3 aliphatic carbocycles. The standard InChI is InChI=1S/C19H19NO3/c1-20-9-18-7-10-3-6-13(22-2)15-14(10)19(8-18)11(16(18)20)4-5-12(21)17(19)23-15/h3-4,6,16-17H,5,7-9H2,1-2H3/t16-,17?,18?,19-/m0/s1. The van der Waals surface area contributed by atoms with E-state index in [1.807, 2.05) is 6.07 Å². The van der Waals surface area contributed by atoms with Crippen LogP contribution < -0.4 is 9.47 Å². The highest BCUT2D eigenvalue weighted by atomic mass is 16.5. The van der Waals surface area contributed by atoms with Gasteiger partial charge in [0, 0.05) is 30.0 Å². The largest absolute Gasteiger partial charge is 0.493 e. The van der Waals surface area contributed by atoms with Crippen molar-refractivity contribution >= 4 is 5.78 Å². The Morgan fingerprint density at radius 2 is 2.26 bits per heavy atom. The first-order valence-corrected chi connectivity index (χ1v) is 8.41. The van der Waals surface area contributed by atoms with Crippen LogP contribution >= 0.6 is 0 Å². The van der Waals surface area contributed by atoms with Gasteiger partial charge in [0.1, 0.15) is 0 Å². The summed E-state index contributed by atoms with van der Waals surface area (Å²) >= 11 is 0. The number of likely N-dealkylation sites (tertiary alicyclic amines) is 1. The molecule has 1 saturated heterocycles. The molecule has 2 spiro atoms. The zero-order valence-corrected chi connectivity index (χ0v) is 13.4. The zero-order chi connectivity index (χ0) is 15.6. The van der Waals surface area contributed by atoms with Crippen LogP contribution in [0.25, 0.3) is 0 Å². The maximum absolute atomic E-state index is 12.7. The Kier molecular flexibility index (Phi) is 1.91. The number of benzene rings is 1. The lowest BCUT2D eigenvalue weighted by atomic mass is 9.60. The van der Waals surface area contributed by atoms with Crippen LogP contribution in [0.1, 0.15) is 24.0 Å². The van der Waals surface area contributed by atoms with Gasteiger partial charge in [-0.05, 0) is 37.1 Å². The number of rotatable bonds is 1. The summed E-state index contributed by atoms with van der Waals surface area (Å²) in [7, 11) is 3.89. The first-order chi connectivity index (χ1) is 11.1. The average Bonchev–Trinajstić information content (AvgIpc) is 2.96. The number of carbonyl (C=O) groups is 1. The highest BCUT2D eigenvalue weighted by Crippen LogP contribution is 2.72. The molecule has 2 heterocycles. The van der Waals surface area contributed by atoms with Gasteiger partial charge in [-0.2, -0.15) is 0 Å². The van der Waals surface area contributed by atoms with Crippen LogP contribution in [-0.2, 0) is 16.6 Å². The van der Waals surface area contributed by atoms with Gasteiger partial charge in [-0.25, -0.2) is 0 Å². The van der Waals surface area contributed by atoms with E-state index in [1.165, 1.54) is 16.7 Å². The Morgan fingerprint density at radius 1 is 1.39 bits per heavy atom. The fourth-order valence-electron chi connectivity index (χ4n) is 6.54. The monoisotopic (exact) mass is 309 g/mol. The van der Waals surface area contributed by atoms with Crippen molar-refractivity contribution in [1.29, 1.82) is 0 Å². The van der Waals surface area contributed by atoms with E-state index in [0.29, 0.717) is 17.9 Å². The van der Waals surface area contributed by atoms with Gasteiger partial charge in [-0.1, -0.05) is 12.1 Å². The average molecular weight is 309 g/mol. The van der Waals surface area contributed by atoms with Crippen LogP contribution in [0.2, 0.25) is 0 Å². The van der Waals surface area contributed by atoms with Crippen LogP contribution in [-0.4, -0.2) is 43.5 Å². The minimum atomic E-state index is -0.344. The van der Waals surface area contributed by atoms with Crippen LogP contribution in [0.5, 0.6) is 11.5 Å². The quantitative estimate of drug-likeness (QED) is 0.742. The van der Waals surface area contributed by atoms with E-state index >= 15 is 0 Å². The smallest absolute Gasteiger partial charge is 0.178 e. The maximum Gasteiger partial charge on any atom is 0.178 e. The SMILES string of the molecule is COc1ccc2c3c1OC1C(=O)CC=C4[C@@H]5N(C)CC5(C2)C[C@]431. The summed E-state index contributed by atoms with van der Waals surface area (Å²) in [6, 6.07) is 4.68. The number of hydrogen-bond acceptors (Lipinski definition) is 4. The number of likely N-dealkylation sites (N-methyl/N-ethyl adjacent to an activating group) is 1. The number of allylic oxidation sites excluding steroid dienone is 1. The lowest BCUT2D eigenvalue weighted by Crippen LogP contribution is -2.61. The molecule has 118 valence electrons. The Balaban J connectivity index is 1.72. The lowest BCUT2D eigenvalue weighted by molar-refractivity contribution is -0.127. The third kappa shape index (κ3) is 1.09. The molecule has 23 heavy (non-hydrogen) atoms. The number of ether oxygens (including phenoxy) is 2. The van der Waals surface area contributed by atoms with Crippen molar-refractivity contribution in [3.8, 4) is 11.5 Å². The molecule has 2 fully saturated rings. The number of Topliss-reactive ketones (excluding diaryl/α,β-unsaturated/α-hetero) is 1. The van der Waals surface area contributed by atoms with Crippen molar-refractivity contribution in [2.45, 2.75) is 36.8 Å². The second-order valence-electron chi connectivity index (χ2n) is 7.96. The summed E-state index contributed by atoms with van der Waals surface area (Å²) in [6.07, 6.45) is 4.54. The Hall–Kier alpha value is -1.81. The molecule has 0 radical (unpaired) electrons. The van der Waals surface area contributed by atoms with Gasteiger partial charge >= 0.3 is 0 Å². The molecule has 2 bridgehead atoms. The molecule has 4 heteroatoms. The Bertz CT molecular complexity index is 828. The molecule has 2 unspecified atom stereocenters. The van der Waals surface area contributed by atoms with Gasteiger partial charge in [0.25, 0.3) is 0 Å². The molecule has 1 aromatic rings. The van der Waals surface area contributed by atoms with Gasteiger partial charge in [0.15, 0.2) is 23.4 Å². The highest BCUT2D eigenvalue weighted by molar-refractivity contribution is 5.92. The van der Waals surface area contributed by atoms with Gasteiger partial charge in [0.2, 0.25) is 0 Å². The fourth-order valence-corrected chi connectivity index (χ4v) is 6.54. The van der Waals surface area contributed by atoms with E-state index in [0.717, 1.165) is 30.9 Å². The van der Waals surface area contributed by atoms with Crippen LogP contribution in [0.3, 0.4) is 0 Å². The Labute approximate surface area is 135 Å². The second kappa shape index (κ2) is 3.48. The third-order valence-electron chi connectivity index (χ3n) is 6.94. The highest BCUT2D eigenvalue weighted by Gasteiger charge is 2.74. The summed E-state index contributed by atoms with van der Waals surface area (Å²) in [6.45, 7) is 1.12. The van der Waals surface area contributed by atoms with Crippen LogP contribution in [0.4, 0.5) is 0 Å². The normalized spacial score (nSPS) is 41.7. The molecule has 5 aliphatic rings. The number of fused-ring (bicyclic) bond motifs is 1. The van der Waals surface area contributed by atoms with Gasteiger partial charge in [-0.15, -0.1) is 0 Å². The molecule has 2 aliphatic heterocycles. The minimum Gasteiger partial charge on any atom is -0.493 e. The molecular formula is C19H19NO3. The van der Waals surface area contributed by atoms with Crippen molar-refractivity contribution in [2.24, 2.45) is 5.41 Å².